The fraction of sp³-hybridized carbons (Fsp3) is 0.143. The highest BCUT2D eigenvalue weighted by Crippen LogP contribution is 2.05. The topological polar surface area (TPSA) is 80.0 Å². The standard InChI is InChI=1S/C14H16N4O/c15-12-6-4-11(5-7-12)9-14(19)18-17-10-13-3-1-2-8-16-13/h1-8,17H,9-10,15H2,(H,18,19). The van der Waals surface area contributed by atoms with Crippen LogP contribution in [0.5, 0.6) is 0 Å². The van der Waals surface area contributed by atoms with Crippen LogP contribution in [0.25, 0.3) is 0 Å². The fourth-order valence-electron chi connectivity index (χ4n) is 1.60. The molecule has 5 heteroatoms. The third kappa shape index (κ3) is 4.40. The summed E-state index contributed by atoms with van der Waals surface area (Å²) in [7, 11) is 0. The Morgan fingerprint density at radius 2 is 1.95 bits per heavy atom. The number of amides is 1. The van der Waals surface area contributed by atoms with Crippen molar-refractivity contribution in [2.24, 2.45) is 0 Å². The number of aromatic nitrogens is 1. The van der Waals surface area contributed by atoms with E-state index in [0.717, 1.165) is 11.3 Å². The first-order valence-corrected chi connectivity index (χ1v) is 6.00. The van der Waals surface area contributed by atoms with Gasteiger partial charge in [0.25, 0.3) is 0 Å². The molecule has 0 aliphatic carbocycles. The number of carbonyl (C=O) groups is 1. The van der Waals surface area contributed by atoms with Gasteiger partial charge in [0.2, 0.25) is 5.91 Å². The number of nitrogen functional groups attached to an aromatic ring is 1. The van der Waals surface area contributed by atoms with Crippen LogP contribution >= 0.6 is 0 Å². The van der Waals surface area contributed by atoms with Gasteiger partial charge in [-0.05, 0) is 29.8 Å². The molecule has 0 aliphatic heterocycles. The second kappa shape index (κ2) is 6.51. The minimum atomic E-state index is -0.0966. The Labute approximate surface area is 111 Å². The molecule has 5 nitrogen and oxygen atoms in total. The van der Waals surface area contributed by atoms with E-state index in [1.54, 1.807) is 18.3 Å². The molecule has 0 radical (unpaired) electrons. The van der Waals surface area contributed by atoms with Gasteiger partial charge in [-0.15, -0.1) is 0 Å². The molecule has 19 heavy (non-hydrogen) atoms. The van der Waals surface area contributed by atoms with Gasteiger partial charge < -0.3 is 5.73 Å². The van der Waals surface area contributed by atoms with Crippen LogP contribution in [-0.2, 0) is 17.8 Å². The molecule has 0 fully saturated rings. The van der Waals surface area contributed by atoms with Gasteiger partial charge in [-0.2, -0.15) is 0 Å². The zero-order chi connectivity index (χ0) is 13.5. The van der Waals surface area contributed by atoms with E-state index in [-0.39, 0.29) is 5.91 Å². The first-order chi connectivity index (χ1) is 9.24. The van der Waals surface area contributed by atoms with Gasteiger partial charge in [0, 0.05) is 11.9 Å². The number of nitrogens with two attached hydrogens (primary N) is 1. The highest BCUT2D eigenvalue weighted by atomic mass is 16.2. The summed E-state index contributed by atoms with van der Waals surface area (Å²) in [4.78, 5) is 15.8. The summed E-state index contributed by atoms with van der Waals surface area (Å²) in [5.74, 6) is -0.0966. The van der Waals surface area contributed by atoms with Gasteiger partial charge in [-0.1, -0.05) is 18.2 Å². The zero-order valence-electron chi connectivity index (χ0n) is 10.5. The lowest BCUT2D eigenvalue weighted by Crippen LogP contribution is -2.37. The molecule has 0 aliphatic rings. The number of benzene rings is 1. The lowest BCUT2D eigenvalue weighted by atomic mass is 10.1. The van der Waals surface area contributed by atoms with Crippen LogP contribution in [0.1, 0.15) is 11.3 Å². The van der Waals surface area contributed by atoms with Crippen molar-refractivity contribution < 1.29 is 4.79 Å². The summed E-state index contributed by atoms with van der Waals surface area (Å²) in [6, 6.07) is 12.9. The normalized spacial score (nSPS) is 10.1. The minimum absolute atomic E-state index is 0.0966. The Bertz CT molecular complexity index is 525. The average molecular weight is 256 g/mol. The first-order valence-electron chi connectivity index (χ1n) is 6.00. The molecule has 0 saturated carbocycles. The number of carbonyl (C=O) groups excluding carboxylic acids is 1. The highest BCUT2D eigenvalue weighted by molar-refractivity contribution is 5.78. The fourth-order valence-corrected chi connectivity index (χ4v) is 1.60. The summed E-state index contributed by atoms with van der Waals surface area (Å²) in [5.41, 5.74) is 13.5. The van der Waals surface area contributed by atoms with Gasteiger partial charge in [-0.3, -0.25) is 15.2 Å². The molecule has 0 atom stereocenters. The maximum Gasteiger partial charge on any atom is 0.238 e. The van der Waals surface area contributed by atoms with E-state index < -0.39 is 0 Å². The second-order valence-corrected chi connectivity index (χ2v) is 4.14. The molecule has 0 spiro atoms. The van der Waals surface area contributed by atoms with Crippen molar-refractivity contribution in [2.45, 2.75) is 13.0 Å². The predicted octanol–water partition coefficient (Wildman–Crippen LogP) is 1.03. The van der Waals surface area contributed by atoms with Gasteiger partial charge in [0.1, 0.15) is 0 Å². The van der Waals surface area contributed by atoms with Crippen LogP contribution in [0.2, 0.25) is 0 Å². The van der Waals surface area contributed by atoms with E-state index >= 15 is 0 Å². The molecule has 2 rings (SSSR count). The van der Waals surface area contributed by atoms with E-state index in [0.29, 0.717) is 18.7 Å². The van der Waals surface area contributed by atoms with Crippen LogP contribution in [-0.4, -0.2) is 10.9 Å². The largest absolute Gasteiger partial charge is 0.399 e. The lowest BCUT2D eigenvalue weighted by Gasteiger charge is -2.07. The van der Waals surface area contributed by atoms with Gasteiger partial charge >= 0.3 is 0 Å². The number of hydrazine groups is 1. The maximum atomic E-state index is 11.7. The monoisotopic (exact) mass is 256 g/mol. The number of pyridine rings is 1. The summed E-state index contributed by atoms with van der Waals surface area (Å²) in [5, 5.41) is 0. The van der Waals surface area contributed by atoms with Crippen LogP contribution in [0.3, 0.4) is 0 Å². The molecule has 1 aromatic carbocycles. The molecule has 98 valence electrons. The highest BCUT2D eigenvalue weighted by Gasteiger charge is 2.02. The van der Waals surface area contributed by atoms with E-state index in [4.69, 9.17) is 5.73 Å². The molecular formula is C14H16N4O. The van der Waals surface area contributed by atoms with Crippen molar-refractivity contribution in [3.63, 3.8) is 0 Å². The van der Waals surface area contributed by atoms with Gasteiger partial charge in [0.05, 0.1) is 18.7 Å². The lowest BCUT2D eigenvalue weighted by molar-refractivity contribution is -0.121. The number of hydrogen-bond acceptors (Lipinski definition) is 4. The van der Waals surface area contributed by atoms with Crippen molar-refractivity contribution in [1.29, 1.82) is 0 Å². The molecule has 1 aromatic heterocycles. The number of nitrogens with one attached hydrogen (secondary N) is 2. The quantitative estimate of drug-likeness (QED) is 0.551. The van der Waals surface area contributed by atoms with E-state index in [1.165, 1.54) is 0 Å². The summed E-state index contributed by atoms with van der Waals surface area (Å²) < 4.78 is 0. The average Bonchev–Trinajstić information content (AvgIpc) is 2.43. The second-order valence-electron chi connectivity index (χ2n) is 4.14. The number of rotatable bonds is 5. The summed E-state index contributed by atoms with van der Waals surface area (Å²) >= 11 is 0. The van der Waals surface area contributed by atoms with Crippen LogP contribution < -0.4 is 16.6 Å². The van der Waals surface area contributed by atoms with E-state index in [9.17, 15) is 4.79 Å². The molecule has 0 bridgehead atoms. The van der Waals surface area contributed by atoms with Crippen molar-refractivity contribution >= 4 is 11.6 Å². The molecule has 2 aromatic rings. The number of nitrogens with zero attached hydrogens (tertiary/aromatic N) is 1. The Morgan fingerprint density at radius 1 is 1.16 bits per heavy atom. The van der Waals surface area contributed by atoms with Crippen molar-refractivity contribution in [2.75, 3.05) is 5.73 Å². The Balaban J connectivity index is 1.74. The molecule has 1 heterocycles. The Kier molecular flexibility index (Phi) is 4.47. The van der Waals surface area contributed by atoms with Crippen LogP contribution in [0.4, 0.5) is 5.69 Å². The molecular weight excluding hydrogens is 240 g/mol. The van der Waals surface area contributed by atoms with Crippen molar-refractivity contribution in [3.05, 3.63) is 59.9 Å². The first kappa shape index (κ1) is 13.0. The van der Waals surface area contributed by atoms with Gasteiger partial charge in [-0.25, -0.2) is 5.43 Å². The number of anilines is 1. The van der Waals surface area contributed by atoms with Crippen LogP contribution in [0, 0.1) is 0 Å². The van der Waals surface area contributed by atoms with E-state index in [1.807, 2.05) is 30.3 Å². The number of hydrogen-bond donors (Lipinski definition) is 3. The van der Waals surface area contributed by atoms with Gasteiger partial charge in [0.15, 0.2) is 0 Å². The third-order valence-corrected chi connectivity index (χ3v) is 2.57. The summed E-state index contributed by atoms with van der Waals surface area (Å²) in [6.45, 7) is 0.494. The zero-order valence-corrected chi connectivity index (χ0v) is 10.5. The Morgan fingerprint density at radius 3 is 2.63 bits per heavy atom. The molecule has 0 saturated heterocycles. The third-order valence-electron chi connectivity index (χ3n) is 2.57. The predicted molar refractivity (Wildman–Crippen MR) is 73.8 cm³/mol. The Hall–Kier alpha value is -2.40. The van der Waals surface area contributed by atoms with Crippen molar-refractivity contribution in [3.8, 4) is 0 Å². The van der Waals surface area contributed by atoms with Crippen LogP contribution in [0.15, 0.2) is 48.7 Å². The SMILES string of the molecule is Nc1ccc(CC(=O)NNCc2ccccn2)cc1. The van der Waals surface area contributed by atoms with Crippen molar-refractivity contribution in [1.82, 2.24) is 15.8 Å². The smallest absolute Gasteiger partial charge is 0.238 e. The maximum absolute atomic E-state index is 11.7. The minimum Gasteiger partial charge on any atom is -0.399 e. The molecule has 0 unspecified atom stereocenters. The molecule has 1 amide bonds. The van der Waals surface area contributed by atoms with E-state index in [2.05, 4.69) is 15.8 Å². The summed E-state index contributed by atoms with van der Waals surface area (Å²) in [6.07, 6.45) is 2.03. The molecule has 4 N–H and O–H groups in total.